The van der Waals surface area contributed by atoms with E-state index < -0.39 is 23.2 Å². The summed E-state index contributed by atoms with van der Waals surface area (Å²) in [5, 5.41) is 12.4. The van der Waals surface area contributed by atoms with Gasteiger partial charge in [0.1, 0.15) is 6.04 Å². The molecular weight excluding hydrogens is 210 g/mol. The summed E-state index contributed by atoms with van der Waals surface area (Å²) in [6, 6.07) is -0.917. The van der Waals surface area contributed by atoms with Crippen LogP contribution < -0.4 is 5.32 Å². The summed E-state index contributed by atoms with van der Waals surface area (Å²) in [4.78, 5) is 22.8. The summed E-state index contributed by atoms with van der Waals surface area (Å²) >= 11 is 0. The maximum atomic E-state index is 11.7. The van der Waals surface area contributed by atoms with Gasteiger partial charge in [-0.05, 0) is 13.8 Å². The minimum Gasteiger partial charge on any atom is -0.453 e. The van der Waals surface area contributed by atoms with Gasteiger partial charge in [0.2, 0.25) is 0 Å². The fourth-order valence-corrected chi connectivity index (χ4v) is 1.90. The summed E-state index contributed by atoms with van der Waals surface area (Å²) in [5.74, 6) is 2.10. The molecule has 0 aromatic carbocycles. The van der Waals surface area contributed by atoms with Crippen LogP contribution in [0.3, 0.4) is 0 Å². The number of aliphatic hydroxyl groups is 1. The van der Waals surface area contributed by atoms with Crippen molar-refractivity contribution >= 4 is 11.9 Å². The summed E-state index contributed by atoms with van der Waals surface area (Å²) in [6.45, 7) is 3.06. The van der Waals surface area contributed by atoms with Gasteiger partial charge in [0.15, 0.2) is 5.78 Å². The molecule has 0 aliphatic heterocycles. The Morgan fingerprint density at radius 2 is 2.25 bits per heavy atom. The first-order valence-electron chi connectivity index (χ1n) is 4.86. The number of amides is 1. The molecule has 0 aromatic rings. The van der Waals surface area contributed by atoms with E-state index >= 15 is 0 Å². The number of ether oxygens (including phenoxy) is 1. The maximum Gasteiger partial charge on any atom is 0.407 e. The number of Topliss-reactive ketones (excluding diaryl/α,β-unsaturated/α-hetero) is 1. The van der Waals surface area contributed by atoms with Crippen LogP contribution in [-0.4, -0.2) is 35.7 Å². The molecular formula is C11H15NO4. The van der Waals surface area contributed by atoms with Crippen molar-refractivity contribution < 1.29 is 19.4 Å². The highest BCUT2D eigenvalue weighted by atomic mass is 16.5. The number of hydrogen-bond acceptors (Lipinski definition) is 4. The van der Waals surface area contributed by atoms with Crippen molar-refractivity contribution in [2.75, 3.05) is 7.11 Å². The van der Waals surface area contributed by atoms with Gasteiger partial charge in [-0.25, -0.2) is 4.79 Å². The Hall–Kier alpha value is -1.54. The summed E-state index contributed by atoms with van der Waals surface area (Å²) in [5.41, 5.74) is -2.46. The van der Waals surface area contributed by atoms with Crippen molar-refractivity contribution in [2.24, 2.45) is 5.41 Å². The highest BCUT2D eigenvalue weighted by molar-refractivity contribution is 5.92. The van der Waals surface area contributed by atoms with Gasteiger partial charge < -0.3 is 15.2 Å². The predicted molar refractivity (Wildman–Crippen MR) is 56.5 cm³/mol. The van der Waals surface area contributed by atoms with E-state index in [0.29, 0.717) is 0 Å². The minimum atomic E-state index is -1.33. The van der Waals surface area contributed by atoms with Crippen molar-refractivity contribution in [3.05, 3.63) is 0 Å². The van der Waals surface area contributed by atoms with Crippen molar-refractivity contribution in [2.45, 2.75) is 31.9 Å². The molecule has 0 radical (unpaired) electrons. The van der Waals surface area contributed by atoms with E-state index in [0.717, 1.165) is 0 Å². The molecule has 5 heteroatoms. The molecule has 1 unspecified atom stereocenters. The number of ketones is 1. The van der Waals surface area contributed by atoms with E-state index in [9.17, 15) is 14.7 Å². The van der Waals surface area contributed by atoms with Crippen LogP contribution in [0.2, 0.25) is 0 Å². The van der Waals surface area contributed by atoms with E-state index in [-0.39, 0.29) is 12.2 Å². The lowest BCUT2D eigenvalue weighted by molar-refractivity contribution is -0.120. The molecule has 88 valence electrons. The number of methoxy groups -OCH3 is 1. The number of rotatable bonds is 1. The van der Waals surface area contributed by atoms with Gasteiger partial charge >= 0.3 is 6.09 Å². The number of carbonyl (C=O) groups excluding carboxylic acids is 2. The third kappa shape index (κ3) is 1.65. The molecule has 0 spiro atoms. The number of hydrogen-bond donors (Lipinski definition) is 2. The second-order valence-electron chi connectivity index (χ2n) is 4.33. The van der Waals surface area contributed by atoms with E-state index in [4.69, 9.17) is 6.42 Å². The Bertz CT molecular complexity index is 369. The summed E-state index contributed by atoms with van der Waals surface area (Å²) < 4.78 is 4.41. The van der Waals surface area contributed by atoms with Crippen LogP contribution in [0.5, 0.6) is 0 Å². The Balaban J connectivity index is 3.04. The molecule has 1 fully saturated rings. The lowest BCUT2D eigenvalue weighted by atomic mass is 9.75. The maximum absolute atomic E-state index is 11.7. The van der Waals surface area contributed by atoms with Gasteiger partial charge in [0.25, 0.3) is 0 Å². The normalized spacial score (nSPS) is 37.9. The van der Waals surface area contributed by atoms with Crippen LogP contribution >= 0.6 is 0 Å². The number of terminal acetylenes is 1. The standard InChI is InChI=1S/C11H15NO4/c1-5-10(2)8(12-9(14)16-4)7(13)6-11(10,3)15/h1,8,15H,6H2,2-4H3,(H,12,14)/t8?,10-,11-/m1/s1. The van der Waals surface area contributed by atoms with Gasteiger partial charge in [0, 0.05) is 6.42 Å². The average Bonchev–Trinajstić information content (AvgIpc) is 2.38. The van der Waals surface area contributed by atoms with Crippen LogP contribution in [-0.2, 0) is 9.53 Å². The number of carbonyl (C=O) groups is 2. The zero-order chi connectivity index (χ0) is 12.6. The molecule has 1 saturated carbocycles. The molecule has 1 amide bonds. The average molecular weight is 225 g/mol. The zero-order valence-corrected chi connectivity index (χ0v) is 9.53. The van der Waals surface area contributed by atoms with Crippen LogP contribution in [0.25, 0.3) is 0 Å². The van der Waals surface area contributed by atoms with Gasteiger partial charge in [-0.1, -0.05) is 5.92 Å². The molecule has 2 N–H and O–H groups in total. The molecule has 16 heavy (non-hydrogen) atoms. The Labute approximate surface area is 94.2 Å². The summed E-state index contributed by atoms with van der Waals surface area (Å²) in [6.07, 6.45) is 4.54. The molecule has 0 aromatic heterocycles. The Morgan fingerprint density at radius 1 is 1.69 bits per heavy atom. The van der Waals surface area contributed by atoms with Crippen molar-refractivity contribution in [3.8, 4) is 12.3 Å². The molecule has 0 bridgehead atoms. The highest BCUT2D eigenvalue weighted by Gasteiger charge is 2.58. The van der Waals surface area contributed by atoms with E-state index in [1.807, 2.05) is 0 Å². The monoisotopic (exact) mass is 225 g/mol. The fourth-order valence-electron chi connectivity index (χ4n) is 1.90. The van der Waals surface area contributed by atoms with Crippen molar-refractivity contribution in [1.82, 2.24) is 5.32 Å². The first-order valence-corrected chi connectivity index (χ1v) is 4.86. The SMILES string of the molecule is C#C[C@]1(C)C(NC(=O)OC)C(=O)C[C@@]1(C)O. The second-order valence-corrected chi connectivity index (χ2v) is 4.33. The van der Waals surface area contributed by atoms with E-state index in [2.05, 4.69) is 16.0 Å². The molecule has 0 saturated heterocycles. The smallest absolute Gasteiger partial charge is 0.407 e. The first-order chi connectivity index (χ1) is 7.28. The molecule has 3 atom stereocenters. The van der Waals surface area contributed by atoms with Gasteiger partial charge in [-0.2, -0.15) is 0 Å². The highest BCUT2D eigenvalue weighted by Crippen LogP contribution is 2.43. The molecule has 1 aliphatic rings. The van der Waals surface area contributed by atoms with E-state index in [1.165, 1.54) is 14.0 Å². The Kier molecular flexibility index (Phi) is 2.97. The molecule has 5 nitrogen and oxygen atoms in total. The molecule has 1 aliphatic carbocycles. The third-order valence-electron chi connectivity index (χ3n) is 3.28. The lowest BCUT2D eigenvalue weighted by Crippen LogP contribution is -2.52. The number of nitrogens with one attached hydrogen (secondary N) is 1. The van der Waals surface area contributed by atoms with Gasteiger partial charge in [-0.3, -0.25) is 4.79 Å². The van der Waals surface area contributed by atoms with E-state index in [1.54, 1.807) is 6.92 Å². The second kappa shape index (κ2) is 3.80. The lowest BCUT2D eigenvalue weighted by Gasteiger charge is -2.34. The number of alkyl carbamates (subject to hydrolysis) is 1. The zero-order valence-electron chi connectivity index (χ0n) is 9.53. The van der Waals surface area contributed by atoms with Crippen LogP contribution in [0.1, 0.15) is 20.3 Å². The Morgan fingerprint density at radius 3 is 2.69 bits per heavy atom. The van der Waals surface area contributed by atoms with Crippen LogP contribution in [0.15, 0.2) is 0 Å². The molecule has 0 heterocycles. The molecule has 1 rings (SSSR count). The van der Waals surface area contributed by atoms with Crippen LogP contribution in [0, 0.1) is 17.8 Å². The first kappa shape index (κ1) is 12.5. The van der Waals surface area contributed by atoms with Gasteiger partial charge in [-0.15, -0.1) is 6.42 Å². The van der Waals surface area contributed by atoms with Gasteiger partial charge in [0.05, 0.1) is 18.1 Å². The minimum absolute atomic E-state index is 0.0810. The predicted octanol–water partition coefficient (Wildman–Crippen LogP) is 0.0743. The summed E-state index contributed by atoms with van der Waals surface area (Å²) in [7, 11) is 1.19. The fraction of sp³-hybridized carbons (Fsp3) is 0.636. The van der Waals surface area contributed by atoms with Crippen molar-refractivity contribution in [3.63, 3.8) is 0 Å². The third-order valence-corrected chi connectivity index (χ3v) is 3.28. The topological polar surface area (TPSA) is 75.6 Å². The quantitative estimate of drug-likeness (QED) is 0.619. The largest absolute Gasteiger partial charge is 0.453 e. The van der Waals surface area contributed by atoms with Crippen molar-refractivity contribution in [1.29, 1.82) is 0 Å². The van der Waals surface area contributed by atoms with Crippen LogP contribution in [0.4, 0.5) is 4.79 Å².